The van der Waals surface area contributed by atoms with Crippen molar-refractivity contribution < 1.29 is 0 Å². The Morgan fingerprint density at radius 2 is 1.81 bits per heavy atom. The molecule has 2 aromatic rings. The second kappa shape index (κ2) is 7.91. The predicted octanol–water partition coefficient (Wildman–Crippen LogP) is 3.70. The second-order valence-corrected chi connectivity index (χ2v) is 7.47. The zero-order chi connectivity index (χ0) is 18.7. The fraction of sp³-hybridized carbons (Fsp3) is 0.500. The first-order valence-corrected chi connectivity index (χ1v) is 9.33. The van der Waals surface area contributed by atoms with Gasteiger partial charge in [0.2, 0.25) is 5.95 Å². The van der Waals surface area contributed by atoms with Gasteiger partial charge in [0, 0.05) is 34.7 Å². The molecule has 6 nitrogen and oxygen atoms in total. The van der Waals surface area contributed by atoms with Gasteiger partial charge in [-0.2, -0.15) is 4.98 Å². The van der Waals surface area contributed by atoms with Crippen LogP contribution in [0.25, 0.3) is 0 Å². The molecule has 1 aliphatic rings. The molecule has 4 N–H and O–H groups in total. The number of nitrogens with zero attached hydrogens (tertiary/aromatic N) is 3. The Morgan fingerprint density at radius 3 is 2.46 bits per heavy atom. The van der Waals surface area contributed by atoms with Crippen LogP contribution in [0.1, 0.15) is 36.9 Å². The van der Waals surface area contributed by atoms with Crippen molar-refractivity contribution in [2.24, 2.45) is 0 Å². The van der Waals surface area contributed by atoms with E-state index in [0.717, 1.165) is 41.3 Å². The van der Waals surface area contributed by atoms with E-state index in [1.165, 1.54) is 12.8 Å². The van der Waals surface area contributed by atoms with Crippen LogP contribution < -0.4 is 16.4 Å². The smallest absolute Gasteiger partial charge is 0.225 e. The minimum atomic E-state index is 0.438. The molecule has 1 fully saturated rings. The maximum atomic E-state index is 5.88. The Kier molecular flexibility index (Phi) is 5.61. The van der Waals surface area contributed by atoms with E-state index in [-0.39, 0.29) is 0 Å². The number of hydrogen-bond donors (Lipinski definition) is 3. The van der Waals surface area contributed by atoms with Gasteiger partial charge < -0.3 is 21.3 Å². The third kappa shape index (κ3) is 4.43. The second-order valence-electron chi connectivity index (χ2n) is 7.47. The Morgan fingerprint density at radius 1 is 1.08 bits per heavy atom. The number of rotatable bonds is 5. The van der Waals surface area contributed by atoms with Crippen LogP contribution in [0, 0.1) is 13.8 Å². The molecule has 6 heteroatoms. The maximum absolute atomic E-state index is 5.88. The van der Waals surface area contributed by atoms with E-state index >= 15 is 0 Å². The number of hydrogen-bond acceptors (Lipinski definition) is 6. The van der Waals surface area contributed by atoms with Crippen LogP contribution in [0.2, 0.25) is 0 Å². The summed E-state index contributed by atoms with van der Waals surface area (Å²) in [5, 5.41) is 6.92. The standard InChI is InChI=1S/C20H30N6/c1-13-14(2)22-20(24-16-8-10-18(11-9-16)26(3)4)25-19(13)23-17-7-5-6-15(21)12-17/h5-7,12,16,18H,8-11,21H2,1-4H3,(H2,22,23,24,25). The molecule has 0 atom stereocenters. The first-order chi connectivity index (χ1) is 12.4. The van der Waals surface area contributed by atoms with Crippen LogP contribution in [0.3, 0.4) is 0 Å². The average molecular weight is 355 g/mol. The summed E-state index contributed by atoms with van der Waals surface area (Å²) in [6, 6.07) is 8.84. The van der Waals surface area contributed by atoms with E-state index in [2.05, 4.69) is 34.6 Å². The summed E-state index contributed by atoms with van der Waals surface area (Å²) < 4.78 is 0. The number of aryl methyl sites for hydroxylation is 1. The molecule has 1 aliphatic carbocycles. The Hall–Kier alpha value is -2.34. The van der Waals surface area contributed by atoms with Crippen molar-refractivity contribution in [2.45, 2.75) is 51.6 Å². The van der Waals surface area contributed by atoms with Crippen molar-refractivity contribution in [3.63, 3.8) is 0 Å². The van der Waals surface area contributed by atoms with E-state index in [0.29, 0.717) is 18.0 Å². The van der Waals surface area contributed by atoms with Crippen molar-refractivity contribution in [2.75, 3.05) is 30.5 Å². The summed E-state index contributed by atoms with van der Waals surface area (Å²) >= 11 is 0. The first kappa shape index (κ1) is 18.5. The molecule has 0 saturated heterocycles. The van der Waals surface area contributed by atoms with E-state index < -0.39 is 0 Å². The van der Waals surface area contributed by atoms with Crippen LogP contribution in [0.15, 0.2) is 24.3 Å². The summed E-state index contributed by atoms with van der Waals surface area (Å²) in [5.41, 5.74) is 9.58. The molecular formula is C20H30N6. The van der Waals surface area contributed by atoms with Crippen LogP contribution in [-0.2, 0) is 0 Å². The van der Waals surface area contributed by atoms with Gasteiger partial charge in [0.05, 0.1) is 0 Å². The summed E-state index contributed by atoms with van der Waals surface area (Å²) in [7, 11) is 4.33. The summed E-state index contributed by atoms with van der Waals surface area (Å²) in [5.74, 6) is 1.53. The lowest BCUT2D eigenvalue weighted by molar-refractivity contribution is 0.221. The van der Waals surface area contributed by atoms with E-state index in [1.54, 1.807) is 0 Å². The molecule has 1 saturated carbocycles. The Labute approximate surface area is 156 Å². The van der Waals surface area contributed by atoms with Crippen molar-refractivity contribution in [1.29, 1.82) is 0 Å². The molecule has 1 heterocycles. The van der Waals surface area contributed by atoms with E-state index in [1.807, 2.05) is 38.1 Å². The van der Waals surface area contributed by atoms with Crippen LogP contribution >= 0.6 is 0 Å². The van der Waals surface area contributed by atoms with Gasteiger partial charge >= 0.3 is 0 Å². The number of benzene rings is 1. The van der Waals surface area contributed by atoms with Gasteiger partial charge in [-0.25, -0.2) is 4.98 Å². The maximum Gasteiger partial charge on any atom is 0.225 e. The molecule has 0 radical (unpaired) electrons. The molecular weight excluding hydrogens is 324 g/mol. The van der Waals surface area contributed by atoms with Gasteiger partial charge in [-0.15, -0.1) is 0 Å². The number of aromatic nitrogens is 2. The lowest BCUT2D eigenvalue weighted by Gasteiger charge is -2.33. The highest BCUT2D eigenvalue weighted by Crippen LogP contribution is 2.26. The molecule has 1 aromatic heterocycles. The minimum absolute atomic E-state index is 0.438. The largest absolute Gasteiger partial charge is 0.399 e. The van der Waals surface area contributed by atoms with Crippen molar-refractivity contribution in [1.82, 2.24) is 14.9 Å². The molecule has 0 unspecified atom stereocenters. The highest BCUT2D eigenvalue weighted by atomic mass is 15.2. The van der Waals surface area contributed by atoms with Crippen LogP contribution in [0.5, 0.6) is 0 Å². The van der Waals surface area contributed by atoms with Gasteiger partial charge in [0.25, 0.3) is 0 Å². The minimum Gasteiger partial charge on any atom is -0.399 e. The first-order valence-electron chi connectivity index (χ1n) is 9.33. The molecule has 0 aliphatic heterocycles. The molecule has 140 valence electrons. The normalized spacial score (nSPS) is 20.2. The number of nitrogen functional groups attached to an aromatic ring is 1. The third-order valence-corrected chi connectivity index (χ3v) is 5.30. The highest BCUT2D eigenvalue weighted by Gasteiger charge is 2.23. The van der Waals surface area contributed by atoms with Gasteiger partial charge in [-0.3, -0.25) is 0 Å². The van der Waals surface area contributed by atoms with E-state index in [4.69, 9.17) is 10.7 Å². The van der Waals surface area contributed by atoms with Crippen LogP contribution in [0.4, 0.5) is 23.1 Å². The fourth-order valence-corrected chi connectivity index (χ4v) is 3.49. The highest BCUT2D eigenvalue weighted by molar-refractivity contribution is 5.64. The number of nitrogens with two attached hydrogens (primary N) is 1. The zero-order valence-electron chi connectivity index (χ0n) is 16.2. The summed E-state index contributed by atoms with van der Waals surface area (Å²) in [6.45, 7) is 4.06. The summed E-state index contributed by atoms with van der Waals surface area (Å²) in [6.07, 6.45) is 4.72. The van der Waals surface area contributed by atoms with Crippen molar-refractivity contribution in [3.05, 3.63) is 35.5 Å². The number of anilines is 4. The molecule has 3 rings (SSSR count). The van der Waals surface area contributed by atoms with Gasteiger partial charge in [-0.1, -0.05) is 6.07 Å². The zero-order valence-corrected chi connectivity index (χ0v) is 16.2. The Balaban J connectivity index is 1.72. The average Bonchev–Trinajstić information content (AvgIpc) is 2.60. The predicted molar refractivity (Wildman–Crippen MR) is 109 cm³/mol. The molecule has 0 bridgehead atoms. The molecule has 1 aromatic carbocycles. The molecule has 0 amide bonds. The van der Waals surface area contributed by atoms with E-state index in [9.17, 15) is 0 Å². The third-order valence-electron chi connectivity index (χ3n) is 5.30. The molecule has 0 spiro atoms. The SMILES string of the molecule is Cc1nc(NC2CCC(N(C)C)CC2)nc(Nc2cccc(N)c2)c1C. The van der Waals surface area contributed by atoms with Crippen LogP contribution in [-0.4, -0.2) is 41.0 Å². The van der Waals surface area contributed by atoms with Gasteiger partial charge in [0.1, 0.15) is 5.82 Å². The quantitative estimate of drug-likeness (QED) is 0.711. The lowest BCUT2D eigenvalue weighted by atomic mass is 9.90. The fourth-order valence-electron chi connectivity index (χ4n) is 3.49. The van der Waals surface area contributed by atoms with Crippen molar-refractivity contribution in [3.8, 4) is 0 Å². The van der Waals surface area contributed by atoms with Crippen molar-refractivity contribution >= 4 is 23.1 Å². The molecule has 26 heavy (non-hydrogen) atoms. The summed E-state index contributed by atoms with van der Waals surface area (Å²) in [4.78, 5) is 11.7. The lowest BCUT2D eigenvalue weighted by Crippen LogP contribution is -2.36. The topological polar surface area (TPSA) is 79.1 Å². The van der Waals surface area contributed by atoms with Gasteiger partial charge in [0.15, 0.2) is 0 Å². The monoisotopic (exact) mass is 354 g/mol. The number of nitrogens with one attached hydrogen (secondary N) is 2. The van der Waals surface area contributed by atoms with Gasteiger partial charge in [-0.05, 0) is 71.8 Å². The Bertz CT molecular complexity index is 750.